The maximum atomic E-state index is 12.3. The molecule has 0 fully saturated rings. The first-order valence-corrected chi connectivity index (χ1v) is 7.77. The molecule has 2 rings (SSSR count). The van der Waals surface area contributed by atoms with E-state index >= 15 is 0 Å². The number of rotatable bonds is 5. The van der Waals surface area contributed by atoms with Gasteiger partial charge in [0.25, 0.3) is 5.91 Å². The van der Waals surface area contributed by atoms with E-state index in [1.807, 2.05) is 12.1 Å². The molecule has 0 saturated heterocycles. The number of hydrogen-bond donors (Lipinski definition) is 1. The summed E-state index contributed by atoms with van der Waals surface area (Å²) in [4.78, 5) is 12.3. The van der Waals surface area contributed by atoms with E-state index in [4.69, 9.17) is 9.47 Å². The van der Waals surface area contributed by atoms with Crippen molar-refractivity contribution >= 4 is 33.6 Å². The highest BCUT2D eigenvalue weighted by atomic mass is 79.9. The van der Waals surface area contributed by atoms with Gasteiger partial charge in [0.2, 0.25) is 0 Å². The van der Waals surface area contributed by atoms with Crippen LogP contribution in [0.25, 0.3) is 6.08 Å². The van der Waals surface area contributed by atoms with E-state index in [1.165, 1.54) is 13.2 Å². The first kappa shape index (κ1) is 17.6. The smallest absolute Gasteiger partial charge is 0.266 e. The molecular weight excluding hydrogens is 372 g/mol. The molecule has 2 aromatic rings. The highest BCUT2D eigenvalue weighted by Crippen LogP contribution is 2.28. The topological polar surface area (TPSA) is 71.3 Å². The Labute approximate surface area is 148 Å². The van der Waals surface area contributed by atoms with Gasteiger partial charge in [-0.1, -0.05) is 28.1 Å². The molecule has 0 atom stereocenters. The molecule has 1 N–H and O–H groups in total. The summed E-state index contributed by atoms with van der Waals surface area (Å²) >= 11 is 3.33. The molecule has 0 aliphatic carbocycles. The second kappa shape index (κ2) is 8.18. The van der Waals surface area contributed by atoms with Crippen molar-refractivity contribution in [2.45, 2.75) is 0 Å². The Morgan fingerprint density at radius 2 is 1.92 bits per heavy atom. The molecule has 122 valence electrons. The third kappa shape index (κ3) is 4.37. The fraction of sp³-hybridized carbons (Fsp3) is 0.111. The zero-order chi connectivity index (χ0) is 17.5. The summed E-state index contributed by atoms with van der Waals surface area (Å²) in [5, 5.41) is 12.0. The van der Waals surface area contributed by atoms with Gasteiger partial charge < -0.3 is 14.8 Å². The molecule has 0 aromatic heterocycles. The minimum atomic E-state index is -0.481. The number of methoxy groups -OCH3 is 2. The van der Waals surface area contributed by atoms with Gasteiger partial charge in [-0.05, 0) is 42.0 Å². The highest BCUT2D eigenvalue weighted by Gasteiger charge is 2.11. The average molecular weight is 387 g/mol. The van der Waals surface area contributed by atoms with Crippen LogP contribution in [0.4, 0.5) is 5.69 Å². The summed E-state index contributed by atoms with van der Waals surface area (Å²) in [6.07, 6.45) is 1.50. The Balaban J connectivity index is 2.25. The monoisotopic (exact) mass is 386 g/mol. The van der Waals surface area contributed by atoms with Crippen LogP contribution in [0.1, 0.15) is 5.56 Å². The molecular formula is C18H15BrN2O3. The van der Waals surface area contributed by atoms with Gasteiger partial charge in [0.1, 0.15) is 11.6 Å². The minimum absolute atomic E-state index is 0.0119. The summed E-state index contributed by atoms with van der Waals surface area (Å²) in [6.45, 7) is 0. The standard InChI is InChI=1S/C18H15BrN2O3/c1-23-16-7-6-12(9-17(16)24-2)8-13(11-20)18(22)21-15-5-3-4-14(19)10-15/h3-10H,1-2H3,(H,21,22)/b13-8-. The quantitative estimate of drug-likeness (QED) is 0.622. The zero-order valence-corrected chi connectivity index (χ0v) is 14.8. The fourth-order valence-corrected chi connectivity index (χ4v) is 2.42. The van der Waals surface area contributed by atoms with Crippen LogP contribution in [-0.4, -0.2) is 20.1 Å². The van der Waals surface area contributed by atoms with Gasteiger partial charge in [0, 0.05) is 10.2 Å². The normalized spacial score (nSPS) is 10.7. The zero-order valence-electron chi connectivity index (χ0n) is 13.2. The Bertz CT molecular complexity index is 825. The number of benzene rings is 2. The van der Waals surface area contributed by atoms with Gasteiger partial charge in [-0.2, -0.15) is 5.26 Å². The molecule has 2 aromatic carbocycles. The SMILES string of the molecule is COc1ccc(/C=C(/C#N)C(=O)Nc2cccc(Br)c2)cc1OC. The lowest BCUT2D eigenvalue weighted by atomic mass is 10.1. The molecule has 1 amide bonds. The van der Waals surface area contributed by atoms with E-state index in [-0.39, 0.29) is 5.57 Å². The first-order valence-electron chi connectivity index (χ1n) is 6.98. The molecule has 0 bridgehead atoms. The van der Waals surface area contributed by atoms with Gasteiger partial charge in [-0.25, -0.2) is 0 Å². The van der Waals surface area contributed by atoms with E-state index in [9.17, 15) is 10.1 Å². The van der Waals surface area contributed by atoms with E-state index in [0.717, 1.165) is 4.47 Å². The largest absolute Gasteiger partial charge is 0.493 e. The second-order valence-electron chi connectivity index (χ2n) is 4.75. The molecule has 0 aliphatic rings. The van der Waals surface area contributed by atoms with Crippen LogP contribution in [0.15, 0.2) is 52.5 Å². The lowest BCUT2D eigenvalue weighted by Gasteiger charge is -2.08. The molecule has 5 nitrogen and oxygen atoms in total. The van der Waals surface area contributed by atoms with Gasteiger partial charge in [0.05, 0.1) is 14.2 Å². The van der Waals surface area contributed by atoms with Crippen LogP contribution in [0.2, 0.25) is 0 Å². The minimum Gasteiger partial charge on any atom is -0.493 e. The molecule has 0 aliphatic heterocycles. The van der Waals surface area contributed by atoms with Crippen molar-refractivity contribution in [2.24, 2.45) is 0 Å². The van der Waals surface area contributed by atoms with Gasteiger partial charge in [0.15, 0.2) is 11.5 Å². The van der Waals surface area contributed by atoms with Crippen molar-refractivity contribution in [1.82, 2.24) is 0 Å². The van der Waals surface area contributed by atoms with E-state index < -0.39 is 5.91 Å². The van der Waals surface area contributed by atoms with Crippen molar-refractivity contribution in [3.05, 3.63) is 58.1 Å². The van der Waals surface area contributed by atoms with Crippen LogP contribution in [0.5, 0.6) is 11.5 Å². The van der Waals surface area contributed by atoms with Crippen molar-refractivity contribution < 1.29 is 14.3 Å². The Hall–Kier alpha value is -2.78. The number of nitrogens with one attached hydrogen (secondary N) is 1. The maximum Gasteiger partial charge on any atom is 0.266 e. The number of anilines is 1. The van der Waals surface area contributed by atoms with Gasteiger partial charge in [-0.3, -0.25) is 4.79 Å². The van der Waals surface area contributed by atoms with Crippen LogP contribution < -0.4 is 14.8 Å². The van der Waals surface area contributed by atoms with Crippen molar-refractivity contribution in [1.29, 1.82) is 5.26 Å². The number of hydrogen-bond acceptors (Lipinski definition) is 4. The van der Waals surface area contributed by atoms with Crippen LogP contribution in [0.3, 0.4) is 0 Å². The number of halogens is 1. The summed E-state index contributed by atoms with van der Waals surface area (Å²) in [6, 6.07) is 14.2. The predicted molar refractivity (Wildman–Crippen MR) is 95.9 cm³/mol. The van der Waals surface area contributed by atoms with Crippen molar-refractivity contribution in [2.75, 3.05) is 19.5 Å². The third-order valence-electron chi connectivity index (χ3n) is 3.17. The van der Waals surface area contributed by atoms with Crippen molar-refractivity contribution in [3.63, 3.8) is 0 Å². The molecule has 0 saturated carbocycles. The summed E-state index contributed by atoms with van der Waals surface area (Å²) in [7, 11) is 3.07. The van der Waals surface area contributed by atoms with E-state index in [1.54, 1.807) is 43.5 Å². The number of amides is 1. The summed E-state index contributed by atoms with van der Waals surface area (Å²) < 4.78 is 11.2. The molecule has 24 heavy (non-hydrogen) atoms. The van der Waals surface area contributed by atoms with Crippen LogP contribution >= 0.6 is 15.9 Å². The van der Waals surface area contributed by atoms with E-state index in [0.29, 0.717) is 22.7 Å². The van der Waals surface area contributed by atoms with Crippen LogP contribution in [-0.2, 0) is 4.79 Å². The van der Waals surface area contributed by atoms with Crippen LogP contribution in [0, 0.1) is 11.3 Å². The number of nitriles is 1. The number of carbonyl (C=O) groups excluding carboxylic acids is 1. The number of carbonyl (C=O) groups is 1. The van der Waals surface area contributed by atoms with Crippen molar-refractivity contribution in [3.8, 4) is 17.6 Å². The van der Waals surface area contributed by atoms with Gasteiger partial charge in [-0.15, -0.1) is 0 Å². The molecule has 0 radical (unpaired) electrons. The average Bonchev–Trinajstić information content (AvgIpc) is 2.59. The molecule has 0 heterocycles. The number of nitrogens with zero attached hydrogens (tertiary/aromatic N) is 1. The summed E-state index contributed by atoms with van der Waals surface area (Å²) in [5.41, 5.74) is 1.25. The second-order valence-corrected chi connectivity index (χ2v) is 5.66. The predicted octanol–water partition coefficient (Wildman–Crippen LogP) is 4.01. The maximum absolute atomic E-state index is 12.3. The Morgan fingerprint density at radius 1 is 1.17 bits per heavy atom. The number of ether oxygens (including phenoxy) is 2. The Morgan fingerprint density at radius 3 is 2.54 bits per heavy atom. The molecule has 6 heteroatoms. The third-order valence-corrected chi connectivity index (χ3v) is 3.66. The highest BCUT2D eigenvalue weighted by molar-refractivity contribution is 9.10. The van der Waals surface area contributed by atoms with Gasteiger partial charge >= 0.3 is 0 Å². The first-order chi connectivity index (χ1) is 11.6. The summed E-state index contributed by atoms with van der Waals surface area (Å²) in [5.74, 6) is 0.619. The lowest BCUT2D eigenvalue weighted by Crippen LogP contribution is -2.13. The molecule has 0 unspecified atom stereocenters. The molecule has 0 spiro atoms. The van der Waals surface area contributed by atoms with E-state index in [2.05, 4.69) is 21.2 Å². The fourth-order valence-electron chi connectivity index (χ4n) is 2.02. The lowest BCUT2D eigenvalue weighted by molar-refractivity contribution is -0.112. The Kier molecular flexibility index (Phi) is 5.99.